The molecule has 0 atom stereocenters. The lowest BCUT2D eigenvalue weighted by Gasteiger charge is -2.29. The third-order valence-electron chi connectivity index (χ3n) is 5.21. The van der Waals surface area contributed by atoms with Crippen molar-refractivity contribution >= 4 is 28.4 Å². The molecule has 0 bridgehead atoms. The first-order chi connectivity index (χ1) is 15.7. The molecule has 0 radical (unpaired) electrons. The van der Waals surface area contributed by atoms with Crippen LogP contribution in [0.15, 0.2) is 49.1 Å². The van der Waals surface area contributed by atoms with Gasteiger partial charge in [0.15, 0.2) is 17.5 Å². The SMILES string of the molecule is COc1cncc2nc(-c3ccnc(Nc4ncccc4F)c3)nc(N3CCNCC3)c12. The van der Waals surface area contributed by atoms with Crippen LogP contribution in [-0.4, -0.2) is 58.2 Å². The Bertz CT molecular complexity index is 1260. The molecule has 32 heavy (non-hydrogen) atoms. The molecule has 0 saturated carbocycles. The summed E-state index contributed by atoms with van der Waals surface area (Å²) in [6, 6.07) is 6.46. The summed E-state index contributed by atoms with van der Waals surface area (Å²) in [5, 5.41) is 7.10. The molecule has 0 aromatic carbocycles. The lowest BCUT2D eigenvalue weighted by molar-refractivity contribution is 0.418. The van der Waals surface area contributed by atoms with E-state index in [0.29, 0.717) is 22.9 Å². The summed E-state index contributed by atoms with van der Waals surface area (Å²) in [4.78, 5) is 24.4. The van der Waals surface area contributed by atoms with E-state index in [0.717, 1.165) is 42.9 Å². The topological polar surface area (TPSA) is 101 Å². The highest BCUT2D eigenvalue weighted by Crippen LogP contribution is 2.34. The molecule has 1 fully saturated rings. The highest BCUT2D eigenvalue weighted by atomic mass is 19.1. The number of nitrogens with one attached hydrogen (secondary N) is 2. The third kappa shape index (κ3) is 3.87. The van der Waals surface area contributed by atoms with Crippen LogP contribution in [0.2, 0.25) is 0 Å². The molecule has 2 N–H and O–H groups in total. The molecule has 1 aliphatic rings. The van der Waals surface area contributed by atoms with Gasteiger partial charge in [-0.3, -0.25) is 4.98 Å². The zero-order valence-corrected chi connectivity index (χ0v) is 17.4. The van der Waals surface area contributed by atoms with Crippen LogP contribution in [0.4, 0.5) is 21.8 Å². The molecule has 1 aliphatic heterocycles. The number of hydrogen-bond donors (Lipinski definition) is 2. The Morgan fingerprint density at radius 3 is 2.78 bits per heavy atom. The van der Waals surface area contributed by atoms with Crippen LogP contribution in [0.1, 0.15) is 0 Å². The van der Waals surface area contributed by atoms with Gasteiger partial charge in [-0.25, -0.2) is 24.3 Å². The van der Waals surface area contributed by atoms with Crippen molar-refractivity contribution in [1.29, 1.82) is 0 Å². The molecule has 10 heteroatoms. The predicted octanol–water partition coefficient (Wildman–Crippen LogP) is 2.78. The van der Waals surface area contributed by atoms with Gasteiger partial charge in [0.25, 0.3) is 0 Å². The number of anilines is 3. The number of ether oxygens (including phenoxy) is 1. The molecule has 0 spiro atoms. The summed E-state index contributed by atoms with van der Waals surface area (Å²) < 4.78 is 19.6. The van der Waals surface area contributed by atoms with Gasteiger partial charge in [0.1, 0.15) is 17.4 Å². The van der Waals surface area contributed by atoms with Gasteiger partial charge in [0.2, 0.25) is 0 Å². The van der Waals surface area contributed by atoms with E-state index in [1.165, 1.54) is 18.3 Å². The molecule has 1 saturated heterocycles. The minimum Gasteiger partial charge on any atom is -0.494 e. The van der Waals surface area contributed by atoms with Gasteiger partial charge in [0.05, 0.1) is 30.4 Å². The third-order valence-corrected chi connectivity index (χ3v) is 5.21. The van der Waals surface area contributed by atoms with Crippen molar-refractivity contribution < 1.29 is 9.13 Å². The molecule has 0 aliphatic carbocycles. The van der Waals surface area contributed by atoms with E-state index in [1.807, 2.05) is 6.07 Å². The van der Waals surface area contributed by atoms with E-state index < -0.39 is 5.82 Å². The summed E-state index contributed by atoms with van der Waals surface area (Å²) in [7, 11) is 1.61. The van der Waals surface area contributed by atoms with Crippen molar-refractivity contribution in [1.82, 2.24) is 30.2 Å². The maximum absolute atomic E-state index is 14.0. The van der Waals surface area contributed by atoms with E-state index in [-0.39, 0.29) is 5.82 Å². The molecule has 5 heterocycles. The standard InChI is InChI=1S/C22H21FN8O/c1-32-17-13-25-12-16-19(17)22(31-9-7-24-8-10-31)30-20(28-16)14-4-6-26-18(11-14)29-21-15(23)3-2-5-27-21/h2-6,11-13,24H,7-10H2,1H3,(H,26,27,29). The average molecular weight is 432 g/mol. The largest absolute Gasteiger partial charge is 0.494 e. The van der Waals surface area contributed by atoms with Crippen molar-refractivity contribution in [3.8, 4) is 17.1 Å². The van der Waals surface area contributed by atoms with Gasteiger partial charge in [-0.05, 0) is 24.3 Å². The summed E-state index contributed by atoms with van der Waals surface area (Å²) in [5.41, 5.74) is 1.42. The minimum atomic E-state index is -0.458. The Labute approximate surface area is 183 Å². The maximum atomic E-state index is 14.0. The van der Waals surface area contributed by atoms with Crippen LogP contribution in [0.25, 0.3) is 22.3 Å². The minimum absolute atomic E-state index is 0.104. The first-order valence-electron chi connectivity index (χ1n) is 10.2. The van der Waals surface area contributed by atoms with Crippen LogP contribution in [-0.2, 0) is 0 Å². The van der Waals surface area contributed by atoms with Gasteiger partial charge in [0, 0.05) is 44.1 Å². The monoisotopic (exact) mass is 432 g/mol. The first-order valence-corrected chi connectivity index (χ1v) is 10.2. The zero-order chi connectivity index (χ0) is 21.9. The number of nitrogens with zero attached hydrogens (tertiary/aromatic N) is 6. The fraction of sp³-hybridized carbons (Fsp3) is 0.227. The molecule has 4 aromatic heterocycles. The number of aromatic nitrogens is 5. The average Bonchev–Trinajstić information content (AvgIpc) is 2.85. The van der Waals surface area contributed by atoms with Crippen LogP contribution in [0.3, 0.4) is 0 Å². The van der Waals surface area contributed by atoms with Crippen molar-refractivity contribution in [2.45, 2.75) is 0 Å². The van der Waals surface area contributed by atoms with E-state index in [9.17, 15) is 4.39 Å². The summed E-state index contributed by atoms with van der Waals surface area (Å²) in [5.74, 6) is 2.04. The Kier molecular flexibility index (Phi) is 5.42. The Balaban J connectivity index is 1.59. The second-order valence-electron chi connectivity index (χ2n) is 7.23. The molecule has 162 valence electrons. The van der Waals surface area contributed by atoms with Gasteiger partial charge in [-0.15, -0.1) is 0 Å². The fourth-order valence-corrected chi connectivity index (χ4v) is 3.66. The van der Waals surface area contributed by atoms with Gasteiger partial charge in [-0.2, -0.15) is 0 Å². The fourth-order valence-electron chi connectivity index (χ4n) is 3.66. The molecule has 4 aromatic rings. The number of fused-ring (bicyclic) bond motifs is 1. The van der Waals surface area contributed by atoms with Crippen molar-refractivity contribution in [3.05, 3.63) is 54.9 Å². The summed E-state index contributed by atoms with van der Waals surface area (Å²) in [6.45, 7) is 3.37. The Morgan fingerprint density at radius 2 is 1.97 bits per heavy atom. The van der Waals surface area contributed by atoms with Crippen molar-refractivity contribution in [3.63, 3.8) is 0 Å². The first kappa shape index (κ1) is 20.0. The van der Waals surface area contributed by atoms with E-state index in [1.54, 1.807) is 31.8 Å². The second kappa shape index (κ2) is 8.67. The van der Waals surface area contributed by atoms with Gasteiger partial charge >= 0.3 is 0 Å². The van der Waals surface area contributed by atoms with Crippen molar-refractivity contribution in [2.75, 3.05) is 43.5 Å². The number of rotatable bonds is 5. The number of hydrogen-bond acceptors (Lipinski definition) is 9. The van der Waals surface area contributed by atoms with Gasteiger partial charge in [-0.1, -0.05) is 0 Å². The molecule has 5 rings (SSSR count). The predicted molar refractivity (Wildman–Crippen MR) is 120 cm³/mol. The highest BCUT2D eigenvalue weighted by molar-refractivity contribution is 5.95. The summed E-state index contributed by atoms with van der Waals surface area (Å²) >= 11 is 0. The number of methoxy groups -OCH3 is 1. The number of halogens is 1. The van der Waals surface area contributed by atoms with Crippen molar-refractivity contribution in [2.24, 2.45) is 0 Å². The number of piperazine rings is 1. The zero-order valence-electron chi connectivity index (χ0n) is 17.4. The maximum Gasteiger partial charge on any atom is 0.167 e. The highest BCUT2D eigenvalue weighted by Gasteiger charge is 2.20. The smallest absolute Gasteiger partial charge is 0.167 e. The molecule has 0 amide bonds. The normalized spacial score (nSPS) is 13.9. The quantitative estimate of drug-likeness (QED) is 0.493. The summed E-state index contributed by atoms with van der Waals surface area (Å²) in [6.07, 6.45) is 6.52. The van der Waals surface area contributed by atoms with E-state index >= 15 is 0 Å². The number of pyridine rings is 3. The lowest BCUT2D eigenvalue weighted by atomic mass is 10.2. The van der Waals surface area contributed by atoms with E-state index in [4.69, 9.17) is 14.7 Å². The Morgan fingerprint density at radius 1 is 1.09 bits per heavy atom. The second-order valence-corrected chi connectivity index (χ2v) is 7.23. The van der Waals surface area contributed by atoms with Crippen LogP contribution in [0.5, 0.6) is 5.75 Å². The Hall–Kier alpha value is -3.92. The van der Waals surface area contributed by atoms with Crippen LogP contribution < -0.4 is 20.3 Å². The van der Waals surface area contributed by atoms with Crippen LogP contribution in [0, 0.1) is 5.82 Å². The molecule has 0 unspecified atom stereocenters. The molecular formula is C22H21FN8O. The molecule has 9 nitrogen and oxygen atoms in total. The molecular weight excluding hydrogens is 411 g/mol. The lowest BCUT2D eigenvalue weighted by Crippen LogP contribution is -2.44. The van der Waals surface area contributed by atoms with Crippen LogP contribution >= 0.6 is 0 Å². The van der Waals surface area contributed by atoms with E-state index in [2.05, 4.69) is 30.5 Å². The van der Waals surface area contributed by atoms with Gasteiger partial charge < -0.3 is 20.3 Å².